The van der Waals surface area contributed by atoms with Crippen LogP contribution >= 0.6 is 0 Å². The lowest BCUT2D eigenvalue weighted by atomic mass is 10.0. The molecule has 3 heterocycles. The number of halogens is 3. The molecule has 0 saturated carbocycles. The summed E-state index contributed by atoms with van der Waals surface area (Å²) in [6, 6.07) is 4.98. The highest BCUT2D eigenvalue weighted by Gasteiger charge is 2.52. The SMILES string of the molecule is CC1(C)C(=O)N(c2ccc(C#N)c(C(F)(F)F)c2)C(=O)N1Cc1ccnc2c1CC(=O)N2. The largest absolute Gasteiger partial charge is 0.417 e. The first-order valence-electron chi connectivity index (χ1n) is 9.49. The van der Waals surface area contributed by atoms with Crippen LogP contribution in [0.15, 0.2) is 30.5 Å². The van der Waals surface area contributed by atoms with Crippen molar-refractivity contribution in [3.8, 4) is 6.07 Å². The van der Waals surface area contributed by atoms with Crippen molar-refractivity contribution in [2.75, 3.05) is 10.2 Å². The highest BCUT2D eigenvalue weighted by molar-refractivity contribution is 6.23. The van der Waals surface area contributed by atoms with Gasteiger partial charge in [-0.25, -0.2) is 14.7 Å². The standard InChI is InChI=1S/C21H16F3N5O3/c1-20(2)18(31)29(13-4-3-11(9-25)15(7-13)21(22,23)24)19(32)28(20)10-12-5-6-26-17-14(12)8-16(30)27-17/h3-7H,8,10H2,1-2H3,(H,26,27,30). The van der Waals surface area contributed by atoms with Gasteiger partial charge in [-0.05, 0) is 43.7 Å². The van der Waals surface area contributed by atoms with Crippen LogP contribution in [0.5, 0.6) is 0 Å². The first kappa shape index (κ1) is 21.3. The molecule has 0 radical (unpaired) electrons. The molecule has 2 aliphatic heterocycles. The second-order valence-corrected chi connectivity index (χ2v) is 7.93. The van der Waals surface area contributed by atoms with Crippen molar-refractivity contribution in [1.82, 2.24) is 9.88 Å². The van der Waals surface area contributed by atoms with Crippen LogP contribution < -0.4 is 10.2 Å². The van der Waals surface area contributed by atoms with E-state index in [0.717, 1.165) is 12.1 Å². The molecule has 2 aromatic rings. The zero-order chi connectivity index (χ0) is 23.4. The summed E-state index contributed by atoms with van der Waals surface area (Å²) in [5.74, 6) is -0.579. The lowest BCUT2D eigenvalue weighted by molar-refractivity contribution is -0.137. The summed E-state index contributed by atoms with van der Waals surface area (Å²) in [6.45, 7) is 2.94. The van der Waals surface area contributed by atoms with Crippen molar-refractivity contribution in [2.24, 2.45) is 0 Å². The number of carbonyl (C=O) groups is 3. The van der Waals surface area contributed by atoms with Crippen LogP contribution in [0, 0.1) is 11.3 Å². The van der Waals surface area contributed by atoms with Gasteiger partial charge in [-0.2, -0.15) is 18.4 Å². The number of rotatable bonds is 3. The molecule has 8 nitrogen and oxygen atoms in total. The van der Waals surface area contributed by atoms with Gasteiger partial charge in [0.2, 0.25) is 5.91 Å². The van der Waals surface area contributed by atoms with E-state index < -0.39 is 34.8 Å². The molecule has 11 heteroatoms. The minimum absolute atomic E-state index is 0.0453. The number of anilines is 2. The number of nitriles is 1. The molecule has 0 spiro atoms. The fourth-order valence-corrected chi connectivity index (χ4v) is 3.82. The Labute approximate surface area is 180 Å². The maximum absolute atomic E-state index is 13.4. The van der Waals surface area contributed by atoms with Gasteiger partial charge in [0, 0.05) is 18.3 Å². The Bertz CT molecular complexity index is 1220. The van der Waals surface area contributed by atoms with E-state index in [-0.39, 0.29) is 24.6 Å². The molecule has 2 aliphatic rings. The first-order chi connectivity index (χ1) is 14.9. The Morgan fingerprint density at radius 3 is 2.59 bits per heavy atom. The van der Waals surface area contributed by atoms with Gasteiger partial charge in [-0.15, -0.1) is 0 Å². The van der Waals surface area contributed by atoms with Crippen LogP contribution in [0.25, 0.3) is 0 Å². The van der Waals surface area contributed by atoms with E-state index in [1.807, 2.05) is 0 Å². The smallest absolute Gasteiger partial charge is 0.310 e. The number of benzene rings is 1. The molecule has 32 heavy (non-hydrogen) atoms. The number of carbonyl (C=O) groups excluding carboxylic acids is 3. The second kappa shape index (κ2) is 7.05. The number of amides is 4. The number of imide groups is 1. The van der Waals surface area contributed by atoms with E-state index in [4.69, 9.17) is 5.26 Å². The molecule has 1 saturated heterocycles. The highest BCUT2D eigenvalue weighted by atomic mass is 19.4. The van der Waals surface area contributed by atoms with E-state index in [1.165, 1.54) is 31.0 Å². The van der Waals surface area contributed by atoms with Crippen LogP contribution in [0.3, 0.4) is 0 Å². The third-order valence-electron chi connectivity index (χ3n) is 5.59. The maximum Gasteiger partial charge on any atom is 0.417 e. The van der Waals surface area contributed by atoms with Crippen molar-refractivity contribution in [1.29, 1.82) is 5.26 Å². The molecule has 1 aromatic carbocycles. The molecule has 0 unspecified atom stereocenters. The third kappa shape index (κ3) is 3.24. The molecule has 1 fully saturated rings. The van der Waals surface area contributed by atoms with Gasteiger partial charge in [0.25, 0.3) is 5.91 Å². The van der Waals surface area contributed by atoms with Crippen molar-refractivity contribution in [2.45, 2.75) is 38.5 Å². The second-order valence-electron chi connectivity index (χ2n) is 7.93. The van der Waals surface area contributed by atoms with Crippen LogP contribution in [0.1, 0.15) is 36.1 Å². The average Bonchev–Trinajstić information content (AvgIpc) is 3.18. The maximum atomic E-state index is 13.4. The lowest BCUT2D eigenvalue weighted by Crippen LogP contribution is -2.43. The van der Waals surface area contributed by atoms with Crippen molar-refractivity contribution in [3.05, 3.63) is 52.7 Å². The average molecular weight is 443 g/mol. The predicted molar refractivity (Wildman–Crippen MR) is 105 cm³/mol. The number of hydrogen-bond acceptors (Lipinski definition) is 5. The Morgan fingerprint density at radius 2 is 1.94 bits per heavy atom. The number of aromatic nitrogens is 1. The van der Waals surface area contributed by atoms with Crippen molar-refractivity contribution in [3.63, 3.8) is 0 Å². The zero-order valence-electron chi connectivity index (χ0n) is 16.9. The van der Waals surface area contributed by atoms with Gasteiger partial charge in [0.15, 0.2) is 0 Å². The summed E-state index contributed by atoms with van der Waals surface area (Å²) < 4.78 is 40.1. The minimum atomic E-state index is -4.83. The van der Waals surface area contributed by atoms with Gasteiger partial charge in [0.05, 0.1) is 29.3 Å². The lowest BCUT2D eigenvalue weighted by Gasteiger charge is -2.28. The van der Waals surface area contributed by atoms with Crippen molar-refractivity contribution >= 4 is 29.4 Å². The molecule has 4 rings (SSSR count). The summed E-state index contributed by atoms with van der Waals surface area (Å²) in [5, 5.41) is 11.6. The summed E-state index contributed by atoms with van der Waals surface area (Å²) in [4.78, 5) is 44.0. The van der Waals surface area contributed by atoms with Gasteiger partial charge in [-0.3, -0.25) is 9.59 Å². The quantitative estimate of drug-likeness (QED) is 0.734. The topological polar surface area (TPSA) is 106 Å². The normalized spacial score (nSPS) is 17.4. The molecule has 1 aromatic heterocycles. The van der Waals surface area contributed by atoms with E-state index >= 15 is 0 Å². The van der Waals surface area contributed by atoms with E-state index in [1.54, 1.807) is 6.07 Å². The number of urea groups is 1. The Kier molecular flexibility index (Phi) is 4.69. The molecule has 1 N–H and O–H groups in total. The highest BCUT2D eigenvalue weighted by Crippen LogP contribution is 2.38. The van der Waals surface area contributed by atoms with Crippen LogP contribution in [-0.2, 0) is 28.7 Å². The minimum Gasteiger partial charge on any atom is -0.310 e. The van der Waals surface area contributed by atoms with Gasteiger partial charge >= 0.3 is 12.2 Å². The van der Waals surface area contributed by atoms with Gasteiger partial charge in [-0.1, -0.05) is 0 Å². The molecule has 0 aliphatic carbocycles. The van der Waals surface area contributed by atoms with Gasteiger partial charge in [0.1, 0.15) is 11.4 Å². The molecular formula is C21H16F3N5O3. The monoisotopic (exact) mass is 443 g/mol. The van der Waals surface area contributed by atoms with Crippen LogP contribution in [0.2, 0.25) is 0 Å². The van der Waals surface area contributed by atoms with Crippen LogP contribution in [-0.4, -0.2) is 33.3 Å². The van der Waals surface area contributed by atoms with E-state index in [2.05, 4.69) is 10.3 Å². The fraction of sp³-hybridized carbons (Fsp3) is 0.286. The third-order valence-corrected chi connectivity index (χ3v) is 5.59. The summed E-state index contributed by atoms with van der Waals surface area (Å²) in [7, 11) is 0. The molecular weight excluding hydrogens is 427 g/mol. The predicted octanol–water partition coefficient (Wildman–Crippen LogP) is 3.21. The summed E-state index contributed by atoms with van der Waals surface area (Å²) in [6.07, 6.45) is -3.30. The first-order valence-corrected chi connectivity index (χ1v) is 9.49. The molecule has 0 atom stereocenters. The fourth-order valence-electron chi connectivity index (χ4n) is 3.82. The molecule has 164 valence electrons. The Morgan fingerprint density at radius 1 is 1.22 bits per heavy atom. The summed E-state index contributed by atoms with van der Waals surface area (Å²) in [5.41, 5.74) is -2.29. The number of hydrogen-bond donors (Lipinski definition) is 1. The van der Waals surface area contributed by atoms with Crippen molar-refractivity contribution < 1.29 is 27.6 Å². The number of pyridine rings is 1. The number of nitrogens with zero attached hydrogens (tertiary/aromatic N) is 4. The van der Waals surface area contributed by atoms with Crippen LogP contribution in [0.4, 0.5) is 29.5 Å². The molecule has 4 amide bonds. The van der Waals surface area contributed by atoms with Gasteiger partial charge < -0.3 is 10.2 Å². The summed E-state index contributed by atoms with van der Waals surface area (Å²) >= 11 is 0. The van der Waals surface area contributed by atoms with E-state index in [0.29, 0.717) is 27.9 Å². The number of fused-ring (bicyclic) bond motifs is 1. The zero-order valence-corrected chi connectivity index (χ0v) is 16.9. The molecule has 0 bridgehead atoms. The Hall–Kier alpha value is -3.94. The Balaban J connectivity index is 1.73. The number of alkyl halides is 3. The number of nitrogens with one attached hydrogen (secondary N) is 1. The van der Waals surface area contributed by atoms with E-state index in [9.17, 15) is 27.6 Å².